The SMILES string of the molecule is Cc1sc(C(C)NC(=O)C(N)C2CCOCC2)nc1-c1ccc(Cl)cc1.Cl. The number of halogens is 2. The average Bonchev–Trinajstić information content (AvgIpc) is 3.04. The largest absolute Gasteiger partial charge is 0.381 e. The van der Waals surface area contributed by atoms with Crippen molar-refractivity contribution in [1.29, 1.82) is 0 Å². The number of carbonyl (C=O) groups excluding carboxylic acids is 1. The summed E-state index contributed by atoms with van der Waals surface area (Å²) in [5.41, 5.74) is 8.11. The highest BCUT2D eigenvalue weighted by atomic mass is 35.5. The molecule has 3 N–H and O–H groups in total. The number of hydrogen-bond acceptors (Lipinski definition) is 5. The molecule has 148 valence electrons. The molecule has 1 aliphatic rings. The third-order valence-corrected chi connectivity index (χ3v) is 6.14. The van der Waals surface area contributed by atoms with Gasteiger partial charge in [-0.05, 0) is 44.7 Å². The summed E-state index contributed by atoms with van der Waals surface area (Å²) in [5, 5.41) is 4.59. The standard InChI is InChI=1S/C19H24ClN3O2S.ClH/c1-11(22-18(24)16(21)13-7-9-25-10-8-13)19-23-17(12(2)26-19)14-3-5-15(20)6-4-14;/h3-6,11,13,16H,7-10,21H2,1-2H3,(H,22,24);1H. The summed E-state index contributed by atoms with van der Waals surface area (Å²) in [6.45, 7) is 5.33. The summed E-state index contributed by atoms with van der Waals surface area (Å²) in [7, 11) is 0. The van der Waals surface area contributed by atoms with Gasteiger partial charge in [0.05, 0.1) is 17.8 Å². The quantitative estimate of drug-likeness (QED) is 0.748. The van der Waals surface area contributed by atoms with Crippen LogP contribution in [0.1, 0.15) is 35.7 Å². The maximum Gasteiger partial charge on any atom is 0.237 e. The van der Waals surface area contributed by atoms with Crippen molar-refractivity contribution in [2.45, 2.75) is 38.8 Å². The summed E-state index contributed by atoms with van der Waals surface area (Å²) in [4.78, 5) is 18.4. The zero-order valence-electron chi connectivity index (χ0n) is 15.4. The summed E-state index contributed by atoms with van der Waals surface area (Å²) < 4.78 is 5.34. The molecule has 27 heavy (non-hydrogen) atoms. The number of aryl methyl sites for hydroxylation is 1. The van der Waals surface area contributed by atoms with Gasteiger partial charge < -0.3 is 15.8 Å². The first-order valence-electron chi connectivity index (χ1n) is 8.82. The number of benzene rings is 1. The van der Waals surface area contributed by atoms with E-state index in [1.807, 2.05) is 38.1 Å². The molecule has 1 aromatic heterocycles. The lowest BCUT2D eigenvalue weighted by Crippen LogP contribution is -2.47. The summed E-state index contributed by atoms with van der Waals surface area (Å²) in [5.74, 6) is 0.0592. The average molecular weight is 430 g/mol. The smallest absolute Gasteiger partial charge is 0.237 e. The number of aromatic nitrogens is 1. The Balaban J connectivity index is 0.00000261. The number of carbonyl (C=O) groups is 1. The molecule has 0 saturated carbocycles. The fraction of sp³-hybridized carbons (Fsp3) is 0.474. The van der Waals surface area contributed by atoms with E-state index >= 15 is 0 Å². The Morgan fingerprint density at radius 2 is 1.96 bits per heavy atom. The highest BCUT2D eigenvalue weighted by Gasteiger charge is 2.28. The molecular formula is C19H25Cl2N3O2S. The number of nitrogens with zero attached hydrogens (tertiary/aromatic N) is 1. The van der Waals surface area contributed by atoms with Crippen molar-refractivity contribution >= 4 is 41.3 Å². The molecule has 1 aromatic carbocycles. The van der Waals surface area contributed by atoms with Crippen LogP contribution >= 0.6 is 35.3 Å². The topological polar surface area (TPSA) is 77.2 Å². The van der Waals surface area contributed by atoms with Crippen LogP contribution in [-0.2, 0) is 9.53 Å². The molecule has 2 unspecified atom stereocenters. The number of ether oxygens (including phenoxy) is 1. The number of amides is 1. The van der Waals surface area contributed by atoms with E-state index in [-0.39, 0.29) is 30.3 Å². The molecule has 8 heteroatoms. The molecule has 0 bridgehead atoms. The molecule has 3 rings (SSSR count). The van der Waals surface area contributed by atoms with Gasteiger partial charge in [-0.2, -0.15) is 0 Å². The molecule has 2 atom stereocenters. The third kappa shape index (κ3) is 5.42. The van der Waals surface area contributed by atoms with E-state index in [1.165, 1.54) is 0 Å². The number of thiazole rings is 1. The molecule has 0 radical (unpaired) electrons. The van der Waals surface area contributed by atoms with Crippen molar-refractivity contribution in [3.05, 3.63) is 39.2 Å². The first-order chi connectivity index (χ1) is 12.5. The Kier molecular flexibility index (Phi) is 8.06. The minimum atomic E-state index is -0.502. The maximum atomic E-state index is 12.5. The Labute approximate surface area is 175 Å². The number of nitrogens with two attached hydrogens (primary N) is 1. The van der Waals surface area contributed by atoms with Crippen LogP contribution < -0.4 is 11.1 Å². The Bertz CT molecular complexity index is 761. The molecule has 0 aliphatic carbocycles. The van der Waals surface area contributed by atoms with Gasteiger partial charge in [-0.15, -0.1) is 23.7 Å². The van der Waals surface area contributed by atoms with Crippen molar-refractivity contribution in [2.24, 2.45) is 11.7 Å². The van der Waals surface area contributed by atoms with E-state index in [4.69, 9.17) is 27.1 Å². The summed E-state index contributed by atoms with van der Waals surface area (Å²) in [6, 6.07) is 6.94. The Morgan fingerprint density at radius 1 is 1.33 bits per heavy atom. The van der Waals surface area contributed by atoms with Crippen LogP contribution in [0.15, 0.2) is 24.3 Å². The van der Waals surface area contributed by atoms with Crippen LogP contribution in [-0.4, -0.2) is 30.1 Å². The van der Waals surface area contributed by atoms with Gasteiger partial charge in [-0.25, -0.2) is 4.98 Å². The zero-order chi connectivity index (χ0) is 18.7. The van der Waals surface area contributed by atoms with Crippen molar-refractivity contribution < 1.29 is 9.53 Å². The van der Waals surface area contributed by atoms with Gasteiger partial charge in [0, 0.05) is 28.7 Å². The van der Waals surface area contributed by atoms with Crippen LogP contribution in [0.25, 0.3) is 11.3 Å². The lowest BCUT2D eigenvalue weighted by Gasteiger charge is -2.27. The van der Waals surface area contributed by atoms with Crippen LogP contribution in [0.3, 0.4) is 0 Å². The zero-order valence-corrected chi connectivity index (χ0v) is 17.8. The minimum absolute atomic E-state index is 0. The maximum absolute atomic E-state index is 12.5. The van der Waals surface area contributed by atoms with Gasteiger partial charge in [0.25, 0.3) is 0 Å². The predicted molar refractivity (Wildman–Crippen MR) is 113 cm³/mol. The second-order valence-corrected chi connectivity index (χ2v) is 8.34. The van der Waals surface area contributed by atoms with Gasteiger partial charge in [0.15, 0.2) is 0 Å². The van der Waals surface area contributed by atoms with Crippen LogP contribution in [0.5, 0.6) is 0 Å². The fourth-order valence-corrected chi connectivity index (χ4v) is 4.21. The van der Waals surface area contributed by atoms with Crippen LogP contribution in [0.4, 0.5) is 0 Å². The van der Waals surface area contributed by atoms with E-state index in [0.717, 1.165) is 34.0 Å². The Hall–Kier alpha value is -1.18. The van der Waals surface area contributed by atoms with Gasteiger partial charge in [0.1, 0.15) is 5.01 Å². The second-order valence-electron chi connectivity index (χ2n) is 6.67. The third-order valence-electron chi connectivity index (χ3n) is 4.74. The Morgan fingerprint density at radius 3 is 2.59 bits per heavy atom. The monoisotopic (exact) mass is 429 g/mol. The summed E-state index contributed by atoms with van der Waals surface area (Å²) >= 11 is 7.55. The van der Waals surface area contributed by atoms with Gasteiger partial charge in [-0.1, -0.05) is 23.7 Å². The minimum Gasteiger partial charge on any atom is -0.381 e. The first kappa shape index (κ1) is 22.1. The van der Waals surface area contributed by atoms with E-state index in [1.54, 1.807) is 11.3 Å². The first-order valence-corrected chi connectivity index (χ1v) is 10.0. The van der Waals surface area contributed by atoms with Crippen LogP contribution in [0.2, 0.25) is 5.02 Å². The van der Waals surface area contributed by atoms with Crippen molar-refractivity contribution in [3.8, 4) is 11.3 Å². The summed E-state index contributed by atoms with van der Waals surface area (Å²) in [6.07, 6.45) is 1.67. The second kappa shape index (κ2) is 9.85. The molecule has 1 amide bonds. The van der Waals surface area contributed by atoms with Crippen molar-refractivity contribution in [1.82, 2.24) is 10.3 Å². The van der Waals surface area contributed by atoms with Gasteiger partial charge in [0.2, 0.25) is 5.91 Å². The van der Waals surface area contributed by atoms with E-state index in [9.17, 15) is 4.79 Å². The van der Waals surface area contributed by atoms with Crippen LogP contribution in [0, 0.1) is 12.8 Å². The van der Waals surface area contributed by atoms with E-state index in [0.29, 0.717) is 18.2 Å². The molecule has 1 fully saturated rings. The van der Waals surface area contributed by atoms with Gasteiger partial charge >= 0.3 is 0 Å². The number of nitrogens with one attached hydrogen (secondary N) is 1. The molecule has 1 aliphatic heterocycles. The lowest BCUT2D eigenvalue weighted by atomic mass is 9.92. The molecule has 2 heterocycles. The molecule has 5 nitrogen and oxygen atoms in total. The predicted octanol–water partition coefficient (Wildman–Crippen LogP) is 4.12. The fourth-order valence-electron chi connectivity index (χ4n) is 3.14. The van der Waals surface area contributed by atoms with Gasteiger partial charge in [-0.3, -0.25) is 4.79 Å². The molecule has 2 aromatic rings. The lowest BCUT2D eigenvalue weighted by molar-refractivity contribution is -0.125. The van der Waals surface area contributed by atoms with E-state index < -0.39 is 6.04 Å². The molecule has 0 spiro atoms. The highest BCUT2D eigenvalue weighted by molar-refractivity contribution is 7.12. The van der Waals surface area contributed by atoms with Crippen molar-refractivity contribution in [2.75, 3.05) is 13.2 Å². The van der Waals surface area contributed by atoms with Crippen molar-refractivity contribution in [3.63, 3.8) is 0 Å². The highest BCUT2D eigenvalue weighted by Crippen LogP contribution is 2.31. The molecular weight excluding hydrogens is 405 g/mol. The normalized spacial score (nSPS) is 17.0. The number of rotatable bonds is 5. The van der Waals surface area contributed by atoms with E-state index in [2.05, 4.69) is 5.32 Å². The number of hydrogen-bond donors (Lipinski definition) is 2. The molecule has 1 saturated heterocycles.